The lowest BCUT2D eigenvalue weighted by atomic mass is 9.92. The quantitative estimate of drug-likeness (QED) is 0.530. The summed E-state index contributed by atoms with van der Waals surface area (Å²) in [7, 11) is 0. The van der Waals surface area contributed by atoms with Crippen LogP contribution in [0.2, 0.25) is 0 Å². The topological polar surface area (TPSA) is 68.8 Å². The maximum Gasteiger partial charge on any atom is 0.258 e. The molecule has 29 heavy (non-hydrogen) atoms. The van der Waals surface area contributed by atoms with E-state index >= 15 is 0 Å². The molecule has 0 bridgehead atoms. The molecule has 0 fully saturated rings. The Labute approximate surface area is 175 Å². The molecule has 0 spiro atoms. The van der Waals surface area contributed by atoms with Crippen molar-refractivity contribution in [1.82, 2.24) is 25.2 Å². The number of rotatable bonds is 3. The molecule has 2 aromatic heterocycles. The van der Waals surface area contributed by atoms with E-state index in [1.807, 2.05) is 16.9 Å². The molecule has 0 amide bonds. The standard InChI is InChI=1S/C22H23N5O.ClH/c1-13(2)27-20-7-5-15(10-17(20)12-24-27)22-25-21(26-28-22)19-6-4-16-11-23-9-8-18(16)14(19)3;/h4-7,10,12-13,23H,8-9,11H2,1-3H3;1H. The molecule has 0 aliphatic carbocycles. The number of aromatic nitrogens is 4. The molecule has 7 heteroatoms. The predicted molar refractivity (Wildman–Crippen MR) is 116 cm³/mol. The number of hydrogen-bond acceptors (Lipinski definition) is 5. The van der Waals surface area contributed by atoms with E-state index in [1.165, 1.54) is 16.7 Å². The van der Waals surface area contributed by atoms with Crippen LogP contribution in [0.1, 0.15) is 36.6 Å². The van der Waals surface area contributed by atoms with Crippen molar-refractivity contribution in [2.45, 2.75) is 39.8 Å². The van der Waals surface area contributed by atoms with Crippen LogP contribution in [0, 0.1) is 6.92 Å². The number of benzene rings is 2. The summed E-state index contributed by atoms with van der Waals surface area (Å²) >= 11 is 0. The van der Waals surface area contributed by atoms with E-state index in [9.17, 15) is 0 Å². The van der Waals surface area contributed by atoms with E-state index in [2.05, 4.69) is 65.6 Å². The first-order valence-electron chi connectivity index (χ1n) is 9.75. The molecule has 2 aromatic carbocycles. The molecule has 1 aliphatic heterocycles. The maximum atomic E-state index is 5.61. The van der Waals surface area contributed by atoms with Gasteiger partial charge in [-0.05, 0) is 68.6 Å². The second-order valence-electron chi connectivity index (χ2n) is 7.68. The zero-order valence-electron chi connectivity index (χ0n) is 16.8. The largest absolute Gasteiger partial charge is 0.334 e. The van der Waals surface area contributed by atoms with Crippen LogP contribution < -0.4 is 5.32 Å². The van der Waals surface area contributed by atoms with Crippen LogP contribution in [0.25, 0.3) is 33.7 Å². The van der Waals surface area contributed by atoms with Gasteiger partial charge in [0.15, 0.2) is 0 Å². The molecule has 5 rings (SSSR count). The smallest absolute Gasteiger partial charge is 0.258 e. The summed E-state index contributed by atoms with van der Waals surface area (Å²) in [5, 5.41) is 13.2. The molecule has 0 unspecified atom stereocenters. The van der Waals surface area contributed by atoms with E-state index in [1.54, 1.807) is 0 Å². The number of hydrogen-bond donors (Lipinski definition) is 1. The van der Waals surface area contributed by atoms with Crippen molar-refractivity contribution in [2.75, 3.05) is 6.54 Å². The first-order valence-corrected chi connectivity index (χ1v) is 9.75. The van der Waals surface area contributed by atoms with Crippen LogP contribution in [0.15, 0.2) is 41.1 Å². The minimum absolute atomic E-state index is 0. The molecule has 1 aliphatic rings. The summed E-state index contributed by atoms with van der Waals surface area (Å²) in [4.78, 5) is 4.69. The number of nitrogens with zero attached hydrogens (tertiary/aromatic N) is 4. The second-order valence-corrected chi connectivity index (χ2v) is 7.68. The number of halogens is 1. The average molecular weight is 410 g/mol. The zero-order chi connectivity index (χ0) is 19.3. The van der Waals surface area contributed by atoms with Gasteiger partial charge in [-0.3, -0.25) is 4.68 Å². The van der Waals surface area contributed by atoms with Crippen molar-refractivity contribution in [3.63, 3.8) is 0 Å². The van der Waals surface area contributed by atoms with Gasteiger partial charge in [-0.25, -0.2) is 0 Å². The summed E-state index contributed by atoms with van der Waals surface area (Å²) in [6.07, 6.45) is 2.92. The van der Waals surface area contributed by atoms with Crippen molar-refractivity contribution in [3.05, 3.63) is 53.2 Å². The third-order valence-corrected chi connectivity index (χ3v) is 5.56. The molecular weight excluding hydrogens is 386 g/mol. The fourth-order valence-electron chi connectivity index (χ4n) is 4.05. The Morgan fingerprint density at radius 1 is 1.17 bits per heavy atom. The molecule has 0 atom stereocenters. The SMILES string of the molecule is Cc1c(-c2noc(-c3ccc4c(cnn4C(C)C)c3)n2)ccc2c1CCNC2.Cl. The van der Waals surface area contributed by atoms with Crippen LogP contribution in [0.3, 0.4) is 0 Å². The van der Waals surface area contributed by atoms with E-state index in [-0.39, 0.29) is 12.4 Å². The van der Waals surface area contributed by atoms with Crippen molar-refractivity contribution in [3.8, 4) is 22.8 Å². The highest BCUT2D eigenvalue weighted by atomic mass is 35.5. The van der Waals surface area contributed by atoms with Gasteiger partial charge in [-0.15, -0.1) is 12.4 Å². The number of nitrogens with one attached hydrogen (secondary N) is 1. The van der Waals surface area contributed by atoms with Crippen molar-refractivity contribution < 1.29 is 4.52 Å². The summed E-state index contributed by atoms with van der Waals surface area (Å²) in [5.41, 5.74) is 7.09. The second kappa shape index (κ2) is 7.61. The molecule has 0 saturated heterocycles. The average Bonchev–Trinajstić information content (AvgIpc) is 3.35. The Morgan fingerprint density at radius 2 is 2.03 bits per heavy atom. The Bertz CT molecular complexity index is 1180. The lowest BCUT2D eigenvalue weighted by Gasteiger charge is -2.20. The summed E-state index contributed by atoms with van der Waals surface area (Å²) in [5.74, 6) is 1.18. The van der Waals surface area contributed by atoms with Crippen LogP contribution >= 0.6 is 12.4 Å². The molecule has 6 nitrogen and oxygen atoms in total. The van der Waals surface area contributed by atoms with Crippen molar-refractivity contribution in [1.29, 1.82) is 0 Å². The Hall–Kier alpha value is -2.70. The van der Waals surface area contributed by atoms with Crippen molar-refractivity contribution in [2.24, 2.45) is 0 Å². The van der Waals surface area contributed by atoms with Gasteiger partial charge in [0.2, 0.25) is 5.82 Å². The van der Waals surface area contributed by atoms with E-state index in [0.29, 0.717) is 17.8 Å². The van der Waals surface area contributed by atoms with Gasteiger partial charge in [0, 0.05) is 29.1 Å². The van der Waals surface area contributed by atoms with Gasteiger partial charge in [0.25, 0.3) is 5.89 Å². The molecule has 3 heterocycles. The van der Waals surface area contributed by atoms with Crippen LogP contribution in [-0.4, -0.2) is 26.5 Å². The van der Waals surface area contributed by atoms with Crippen LogP contribution in [0.5, 0.6) is 0 Å². The Balaban J connectivity index is 0.00000205. The van der Waals surface area contributed by atoms with Gasteiger partial charge in [-0.1, -0.05) is 17.3 Å². The Kier molecular flexibility index (Phi) is 5.15. The van der Waals surface area contributed by atoms with Crippen LogP contribution in [0.4, 0.5) is 0 Å². The van der Waals surface area contributed by atoms with Crippen molar-refractivity contribution >= 4 is 23.3 Å². The lowest BCUT2D eigenvalue weighted by Crippen LogP contribution is -2.24. The van der Waals surface area contributed by atoms with Gasteiger partial charge in [-0.2, -0.15) is 10.1 Å². The maximum absolute atomic E-state index is 5.61. The van der Waals surface area contributed by atoms with Gasteiger partial charge in [0.05, 0.1) is 11.7 Å². The summed E-state index contributed by atoms with van der Waals surface area (Å²) in [6.45, 7) is 8.35. The fourth-order valence-corrected chi connectivity index (χ4v) is 4.05. The monoisotopic (exact) mass is 409 g/mol. The summed E-state index contributed by atoms with van der Waals surface area (Å²) in [6, 6.07) is 10.7. The molecule has 4 aromatic rings. The highest BCUT2D eigenvalue weighted by molar-refractivity contribution is 5.85. The fraction of sp³-hybridized carbons (Fsp3) is 0.318. The van der Waals surface area contributed by atoms with E-state index in [0.717, 1.165) is 41.5 Å². The third kappa shape index (κ3) is 3.32. The highest BCUT2D eigenvalue weighted by Gasteiger charge is 2.18. The van der Waals surface area contributed by atoms with Gasteiger partial charge >= 0.3 is 0 Å². The van der Waals surface area contributed by atoms with Gasteiger partial charge < -0.3 is 9.84 Å². The first-order chi connectivity index (χ1) is 13.6. The van der Waals surface area contributed by atoms with E-state index in [4.69, 9.17) is 4.52 Å². The molecular formula is C22H24ClN5O. The molecule has 1 N–H and O–H groups in total. The molecule has 0 saturated carbocycles. The number of fused-ring (bicyclic) bond motifs is 2. The minimum atomic E-state index is 0. The first kappa shape index (κ1) is 19.6. The minimum Gasteiger partial charge on any atom is -0.334 e. The Morgan fingerprint density at radius 3 is 2.86 bits per heavy atom. The summed E-state index contributed by atoms with van der Waals surface area (Å²) < 4.78 is 7.62. The highest BCUT2D eigenvalue weighted by Crippen LogP contribution is 2.30. The van der Waals surface area contributed by atoms with Gasteiger partial charge in [0.1, 0.15) is 0 Å². The lowest BCUT2D eigenvalue weighted by molar-refractivity contribution is 0.432. The molecule has 150 valence electrons. The normalized spacial score (nSPS) is 13.5. The third-order valence-electron chi connectivity index (χ3n) is 5.56. The molecule has 0 radical (unpaired) electrons. The predicted octanol–water partition coefficient (Wildman–Crippen LogP) is 4.71. The zero-order valence-corrected chi connectivity index (χ0v) is 17.6. The van der Waals surface area contributed by atoms with Crippen LogP contribution in [-0.2, 0) is 13.0 Å². The van der Waals surface area contributed by atoms with E-state index < -0.39 is 0 Å².